The molecule has 2 bridgehead atoms. The van der Waals surface area contributed by atoms with Crippen LogP contribution in [0, 0.1) is 11.3 Å². The second kappa shape index (κ2) is 8.59. The van der Waals surface area contributed by atoms with Crippen molar-refractivity contribution in [2.24, 2.45) is 11.3 Å². The summed E-state index contributed by atoms with van der Waals surface area (Å²) in [6.45, 7) is 4.64. The number of amides is 1. The molecule has 4 atom stereocenters. The maximum absolute atomic E-state index is 13.9. The van der Waals surface area contributed by atoms with Crippen LogP contribution in [0.4, 0.5) is 0 Å². The summed E-state index contributed by atoms with van der Waals surface area (Å²) in [6, 6.07) is 23.9. The van der Waals surface area contributed by atoms with Crippen molar-refractivity contribution in [2.75, 3.05) is 20.2 Å². The van der Waals surface area contributed by atoms with Crippen LogP contribution in [0.15, 0.2) is 83.8 Å². The molecule has 2 fully saturated rings. The van der Waals surface area contributed by atoms with Gasteiger partial charge in [0.2, 0.25) is 0 Å². The van der Waals surface area contributed by atoms with Crippen LogP contribution < -0.4 is 4.74 Å². The van der Waals surface area contributed by atoms with E-state index in [-0.39, 0.29) is 24.3 Å². The number of carbonyl (C=O) groups is 2. The van der Waals surface area contributed by atoms with Gasteiger partial charge >= 0.3 is 5.97 Å². The number of nitrogens with zero attached hydrogens (tertiary/aromatic N) is 1. The molecule has 0 unspecified atom stereocenters. The Kier molecular flexibility index (Phi) is 5.57. The van der Waals surface area contributed by atoms with Crippen molar-refractivity contribution in [1.29, 1.82) is 0 Å². The van der Waals surface area contributed by atoms with Gasteiger partial charge in [-0.15, -0.1) is 0 Å². The van der Waals surface area contributed by atoms with E-state index in [0.29, 0.717) is 23.4 Å². The van der Waals surface area contributed by atoms with E-state index < -0.39 is 16.8 Å². The highest BCUT2D eigenvalue weighted by molar-refractivity contribution is 9.10. The molecule has 1 amide bonds. The maximum atomic E-state index is 13.9. The zero-order valence-corrected chi connectivity index (χ0v) is 22.2. The van der Waals surface area contributed by atoms with Gasteiger partial charge in [0.25, 0.3) is 5.91 Å². The summed E-state index contributed by atoms with van der Waals surface area (Å²) in [5.41, 5.74) is 2.79. The van der Waals surface area contributed by atoms with Gasteiger partial charge in [-0.2, -0.15) is 0 Å². The maximum Gasteiger partial charge on any atom is 0.312 e. The number of rotatable bonds is 5. The molecule has 37 heavy (non-hydrogen) atoms. The van der Waals surface area contributed by atoms with Crippen molar-refractivity contribution in [3.8, 4) is 5.75 Å². The third-order valence-corrected chi connectivity index (χ3v) is 9.60. The van der Waals surface area contributed by atoms with Gasteiger partial charge < -0.3 is 14.7 Å². The molecule has 3 aliphatic carbocycles. The van der Waals surface area contributed by atoms with E-state index in [2.05, 4.69) is 46.8 Å². The number of ether oxygens (including phenoxy) is 1. The summed E-state index contributed by atoms with van der Waals surface area (Å²) in [4.78, 5) is 28.9. The summed E-state index contributed by atoms with van der Waals surface area (Å²) < 4.78 is 6.45. The topological polar surface area (TPSA) is 66.8 Å². The third-order valence-electron chi connectivity index (χ3n) is 9.07. The van der Waals surface area contributed by atoms with Crippen LogP contribution in [0.5, 0.6) is 5.75 Å². The Bertz CT molecular complexity index is 1430. The summed E-state index contributed by atoms with van der Waals surface area (Å²) in [7, 11) is 1.57. The molecule has 1 N–H and O–H groups in total. The van der Waals surface area contributed by atoms with Gasteiger partial charge in [-0.1, -0.05) is 77.1 Å². The quantitative estimate of drug-likeness (QED) is 0.398. The molecule has 3 aromatic carbocycles. The van der Waals surface area contributed by atoms with E-state index in [0.717, 1.165) is 28.4 Å². The van der Waals surface area contributed by atoms with E-state index in [9.17, 15) is 14.7 Å². The first-order valence-corrected chi connectivity index (χ1v) is 13.3. The fourth-order valence-electron chi connectivity index (χ4n) is 7.56. The Labute approximate surface area is 224 Å². The number of halogens is 1. The normalized spacial score (nSPS) is 27.4. The number of fused-ring (bicyclic) bond motifs is 1. The van der Waals surface area contributed by atoms with Gasteiger partial charge in [-0.3, -0.25) is 9.59 Å². The first kappa shape index (κ1) is 24.0. The van der Waals surface area contributed by atoms with E-state index in [1.54, 1.807) is 18.1 Å². The van der Waals surface area contributed by atoms with Gasteiger partial charge in [0.1, 0.15) is 5.75 Å². The Balaban J connectivity index is 1.49. The number of benzene rings is 3. The molecule has 3 aromatic rings. The molecule has 5 nitrogen and oxygen atoms in total. The van der Waals surface area contributed by atoms with Gasteiger partial charge in [0.05, 0.1) is 12.5 Å². The highest BCUT2D eigenvalue weighted by Gasteiger charge is 2.70. The monoisotopic (exact) mass is 557 g/mol. The third kappa shape index (κ3) is 3.21. The van der Waals surface area contributed by atoms with Crippen molar-refractivity contribution in [3.63, 3.8) is 0 Å². The van der Waals surface area contributed by atoms with Crippen molar-refractivity contribution in [3.05, 3.63) is 106 Å². The molecule has 1 saturated heterocycles. The molecule has 1 saturated carbocycles. The number of carboxylic acids is 1. The molecule has 6 heteroatoms. The van der Waals surface area contributed by atoms with Crippen LogP contribution in [-0.4, -0.2) is 42.1 Å². The molecule has 0 spiro atoms. The molecular weight excluding hydrogens is 530 g/mol. The minimum atomic E-state index is -1.07. The number of hydrogen-bond acceptors (Lipinski definition) is 3. The fourth-order valence-corrected chi connectivity index (χ4v) is 7.82. The average Bonchev–Trinajstić information content (AvgIpc) is 3.37. The lowest BCUT2D eigenvalue weighted by Gasteiger charge is -2.59. The standard InChI is InChI=1S/C31H28BrNO4/c1-19(22-7-4-6-10-26(22)37-2)28(34)33-17-27-30(20-11-13-21(32)14-12-20)16-15-25(31(27,18-33)29(35)36)23-8-3-5-9-24(23)30/h3-14,25,27H,1,15-18H2,2H3,(H,35,36)/t25-,27+,30-,31+/m1/s1. The molecule has 1 heterocycles. The van der Waals surface area contributed by atoms with Crippen LogP contribution in [0.25, 0.3) is 5.57 Å². The second-order valence-corrected chi connectivity index (χ2v) is 11.3. The number of carboxylic acid groups (broad SMARTS) is 1. The Morgan fingerprint density at radius 2 is 1.76 bits per heavy atom. The summed E-state index contributed by atoms with van der Waals surface area (Å²) >= 11 is 3.55. The van der Waals surface area contributed by atoms with Crippen LogP contribution >= 0.6 is 15.9 Å². The molecule has 4 aliphatic rings. The largest absolute Gasteiger partial charge is 0.496 e. The van der Waals surface area contributed by atoms with Crippen molar-refractivity contribution < 1.29 is 19.4 Å². The Morgan fingerprint density at radius 1 is 1.05 bits per heavy atom. The zero-order chi connectivity index (χ0) is 25.9. The fraction of sp³-hybridized carbons (Fsp3) is 0.290. The summed E-state index contributed by atoms with van der Waals surface area (Å²) in [5, 5.41) is 10.9. The highest BCUT2D eigenvalue weighted by atomic mass is 79.9. The smallest absolute Gasteiger partial charge is 0.312 e. The minimum absolute atomic E-state index is 0.152. The SMILES string of the molecule is C=C(C(=O)N1C[C@H]2[C@@]3(c4ccc(Br)cc4)CC[C@H](c4ccccc43)[C@@]2(C(=O)O)C1)c1ccccc1OC. The van der Waals surface area contributed by atoms with Gasteiger partial charge in [0.15, 0.2) is 0 Å². The number of likely N-dealkylation sites (tertiary alicyclic amines) is 1. The summed E-state index contributed by atoms with van der Waals surface area (Å²) in [5.74, 6) is -0.905. The number of hydrogen-bond donors (Lipinski definition) is 1. The second-order valence-electron chi connectivity index (χ2n) is 10.4. The van der Waals surface area contributed by atoms with Crippen LogP contribution in [0.1, 0.15) is 41.0 Å². The lowest BCUT2D eigenvalue weighted by atomic mass is 9.42. The van der Waals surface area contributed by atoms with E-state index in [1.807, 2.05) is 42.5 Å². The lowest BCUT2D eigenvalue weighted by molar-refractivity contribution is -0.157. The van der Waals surface area contributed by atoms with Crippen LogP contribution in [0.2, 0.25) is 0 Å². The molecular formula is C31H28BrNO4. The van der Waals surface area contributed by atoms with Crippen molar-refractivity contribution in [1.82, 2.24) is 4.90 Å². The van der Waals surface area contributed by atoms with Gasteiger partial charge in [-0.25, -0.2) is 0 Å². The van der Waals surface area contributed by atoms with Crippen molar-refractivity contribution in [2.45, 2.75) is 24.2 Å². The average molecular weight is 558 g/mol. The molecule has 1 aliphatic heterocycles. The van der Waals surface area contributed by atoms with Crippen LogP contribution in [-0.2, 0) is 15.0 Å². The first-order chi connectivity index (χ1) is 17.8. The predicted octanol–water partition coefficient (Wildman–Crippen LogP) is 5.88. The molecule has 0 aromatic heterocycles. The van der Waals surface area contributed by atoms with E-state index in [4.69, 9.17) is 4.74 Å². The molecule has 188 valence electrons. The first-order valence-electron chi connectivity index (χ1n) is 12.5. The zero-order valence-electron chi connectivity index (χ0n) is 20.6. The van der Waals surface area contributed by atoms with Gasteiger partial charge in [-0.05, 0) is 47.7 Å². The number of methoxy groups -OCH3 is 1. The van der Waals surface area contributed by atoms with E-state index >= 15 is 0 Å². The van der Waals surface area contributed by atoms with E-state index in [1.165, 1.54) is 5.56 Å². The van der Waals surface area contributed by atoms with Gasteiger partial charge in [0, 0.05) is 45.9 Å². The minimum Gasteiger partial charge on any atom is -0.496 e. The molecule has 7 rings (SSSR count). The number of para-hydroxylation sites is 1. The van der Waals surface area contributed by atoms with Crippen LogP contribution in [0.3, 0.4) is 0 Å². The Morgan fingerprint density at radius 3 is 2.49 bits per heavy atom. The summed E-state index contributed by atoms with van der Waals surface area (Å²) in [6.07, 6.45) is 1.62. The molecule has 0 radical (unpaired) electrons. The number of aliphatic carboxylic acids is 1. The Hall–Kier alpha value is -3.38. The number of carbonyl (C=O) groups excluding carboxylic acids is 1. The predicted molar refractivity (Wildman–Crippen MR) is 146 cm³/mol. The van der Waals surface area contributed by atoms with Crippen molar-refractivity contribution >= 4 is 33.4 Å². The highest BCUT2D eigenvalue weighted by Crippen LogP contribution is 2.69. The lowest BCUT2D eigenvalue weighted by Crippen LogP contribution is -2.60.